The number of methoxy groups -OCH3 is 1. The number of hydrogen-bond donors (Lipinski definition) is 1. The van der Waals surface area contributed by atoms with Gasteiger partial charge in [0.15, 0.2) is 0 Å². The third kappa shape index (κ3) is 3.39. The van der Waals surface area contributed by atoms with Crippen molar-refractivity contribution >= 4 is 11.6 Å². The summed E-state index contributed by atoms with van der Waals surface area (Å²) in [5.74, 6) is 1.51. The summed E-state index contributed by atoms with van der Waals surface area (Å²) in [5, 5.41) is 0. The van der Waals surface area contributed by atoms with Gasteiger partial charge in [-0.3, -0.25) is 14.8 Å². The van der Waals surface area contributed by atoms with Crippen molar-refractivity contribution < 1.29 is 9.53 Å². The summed E-state index contributed by atoms with van der Waals surface area (Å²) in [5.41, 5.74) is 9.52. The van der Waals surface area contributed by atoms with E-state index in [-0.39, 0.29) is 5.78 Å². The molecule has 0 bridgehead atoms. The van der Waals surface area contributed by atoms with Crippen LogP contribution < -0.4 is 10.5 Å². The third-order valence-corrected chi connectivity index (χ3v) is 3.99. The number of amidine groups is 1. The molecule has 3 rings (SSSR count). The SMILES string of the molecule is COc1ccccc1CCC(=O)Cc1cc2c(cn1)C(N)=NC2. The van der Waals surface area contributed by atoms with E-state index in [1.54, 1.807) is 13.3 Å². The van der Waals surface area contributed by atoms with Gasteiger partial charge >= 0.3 is 0 Å². The van der Waals surface area contributed by atoms with E-state index in [4.69, 9.17) is 10.5 Å². The van der Waals surface area contributed by atoms with Crippen LogP contribution in [0.4, 0.5) is 0 Å². The average molecular weight is 309 g/mol. The van der Waals surface area contributed by atoms with E-state index in [0.717, 1.165) is 28.1 Å². The molecule has 0 unspecified atom stereocenters. The average Bonchev–Trinajstić information content (AvgIpc) is 2.94. The number of rotatable bonds is 6. The highest BCUT2D eigenvalue weighted by Gasteiger charge is 2.15. The van der Waals surface area contributed by atoms with Gasteiger partial charge in [0.1, 0.15) is 17.4 Å². The van der Waals surface area contributed by atoms with Crippen LogP contribution in [0.2, 0.25) is 0 Å². The molecule has 0 aliphatic carbocycles. The third-order valence-electron chi connectivity index (χ3n) is 3.99. The van der Waals surface area contributed by atoms with E-state index >= 15 is 0 Å². The highest BCUT2D eigenvalue weighted by atomic mass is 16.5. The van der Waals surface area contributed by atoms with Crippen LogP contribution in [-0.4, -0.2) is 23.7 Å². The predicted octanol–water partition coefficient (Wildman–Crippen LogP) is 2.05. The lowest BCUT2D eigenvalue weighted by atomic mass is 10.0. The van der Waals surface area contributed by atoms with Crippen LogP contribution in [0.3, 0.4) is 0 Å². The Morgan fingerprint density at radius 2 is 2.17 bits per heavy atom. The first-order valence-electron chi connectivity index (χ1n) is 7.59. The van der Waals surface area contributed by atoms with Gasteiger partial charge in [-0.2, -0.15) is 0 Å². The summed E-state index contributed by atoms with van der Waals surface area (Å²) < 4.78 is 5.31. The first-order chi connectivity index (χ1) is 11.2. The molecule has 1 aromatic heterocycles. The Morgan fingerprint density at radius 3 is 3.00 bits per heavy atom. The van der Waals surface area contributed by atoms with Crippen LogP contribution in [0.5, 0.6) is 5.75 Å². The summed E-state index contributed by atoms with van der Waals surface area (Å²) in [6, 6.07) is 9.70. The molecule has 1 aliphatic rings. The highest BCUT2D eigenvalue weighted by molar-refractivity contribution is 6.00. The number of ether oxygens (including phenoxy) is 1. The molecule has 2 heterocycles. The number of carbonyl (C=O) groups excluding carboxylic acids is 1. The summed E-state index contributed by atoms with van der Waals surface area (Å²) in [4.78, 5) is 20.7. The number of aryl methyl sites for hydroxylation is 1. The van der Waals surface area contributed by atoms with Crippen molar-refractivity contribution in [2.45, 2.75) is 25.8 Å². The lowest BCUT2D eigenvalue weighted by molar-refractivity contribution is -0.118. The Morgan fingerprint density at radius 1 is 1.35 bits per heavy atom. The highest BCUT2D eigenvalue weighted by Crippen LogP contribution is 2.20. The Labute approximate surface area is 135 Å². The molecule has 23 heavy (non-hydrogen) atoms. The van der Waals surface area contributed by atoms with E-state index in [0.29, 0.717) is 31.6 Å². The van der Waals surface area contributed by atoms with Crippen molar-refractivity contribution in [3.05, 3.63) is 58.9 Å². The Hall–Kier alpha value is -2.69. The number of para-hydroxylation sites is 1. The van der Waals surface area contributed by atoms with Crippen molar-refractivity contribution in [1.82, 2.24) is 4.98 Å². The van der Waals surface area contributed by atoms with Gasteiger partial charge in [0, 0.05) is 30.3 Å². The van der Waals surface area contributed by atoms with Gasteiger partial charge in [0.25, 0.3) is 0 Å². The van der Waals surface area contributed by atoms with Gasteiger partial charge in [0.2, 0.25) is 0 Å². The molecule has 118 valence electrons. The van der Waals surface area contributed by atoms with Crippen LogP contribution in [0.1, 0.15) is 28.8 Å². The number of Topliss-reactive ketones (excluding diaryl/α,β-unsaturated/α-hetero) is 1. The van der Waals surface area contributed by atoms with Gasteiger partial charge in [-0.05, 0) is 29.7 Å². The lowest BCUT2D eigenvalue weighted by Crippen LogP contribution is -2.12. The normalized spacial score (nSPS) is 12.7. The van der Waals surface area contributed by atoms with Crippen molar-refractivity contribution in [2.24, 2.45) is 10.7 Å². The zero-order chi connectivity index (χ0) is 16.2. The molecule has 5 heteroatoms. The van der Waals surface area contributed by atoms with Crippen LogP contribution in [0.15, 0.2) is 41.5 Å². The Balaban J connectivity index is 1.60. The fraction of sp³-hybridized carbons (Fsp3) is 0.278. The van der Waals surface area contributed by atoms with E-state index in [9.17, 15) is 4.79 Å². The molecule has 0 saturated heterocycles. The smallest absolute Gasteiger partial charge is 0.139 e. The summed E-state index contributed by atoms with van der Waals surface area (Å²) in [6.07, 6.45) is 3.19. The van der Waals surface area contributed by atoms with E-state index in [2.05, 4.69) is 9.98 Å². The second-order valence-corrected chi connectivity index (χ2v) is 5.56. The van der Waals surface area contributed by atoms with Crippen LogP contribution in [0, 0.1) is 0 Å². The number of fused-ring (bicyclic) bond motifs is 1. The number of nitrogens with two attached hydrogens (primary N) is 1. The molecule has 1 aromatic carbocycles. The van der Waals surface area contributed by atoms with Gasteiger partial charge in [-0.15, -0.1) is 0 Å². The number of nitrogens with zero attached hydrogens (tertiary/aromatic N) is 2. The van der Waals surface area contributed by atoms with Crippen LogP contribution in [-0.2, 0) is 24.2 Å². The van der Waals surface area contributed by atoms with E-state index in [1.165, 1.54) is 0 Å². The molecular weight excluding hydrogens is 290 g/mol. The Kier molecular flexibility index (Phi) is 4.37. The number of benzene rings is 1. The van der Waals surface area contributed by atoms with E-state index < -0.39 is 0 Å². The zero-order valence-electron chi connectivity index (χ0n) is 13.1. The molecule has 0 fully saturated rings. The second kappa shape index (κ2) is 6.60. The standard InChI is InChI=1S/C18H19N3O2/c1-23-17-5-3-2-4-12(17)6-7-15(22)9-14-8-13-10-21-18(19)16(13)11-20-14/h2-5,8,11H,6-7,9-10H2,1H3,(H2,19,21). The molecular formula is C18H19N3O2. The monoisotopic (exact) mass is 309 g/mol. The minimum Gasteiger partial charge on any atom is -0.496 e. The van der Waals surface area contributed by atoms with Crippen molar-refractivity contribution in [1.29, 1.82) is 0 Å². The minimum atomic E-state index is 0.162. The molecule has 2 aromatic rings. The van der Waals surface area contributed by atoms with Crippen LogP contribution in [0.25, 0.3) is 0 Å². The van der Waals surface area contributed by atoms with Crippen molar-refractivity contribution in [3.63, 3.8) is 0 Å². The molecule has 2 N–H and O–H groups in total. The van der Waals surface area contributed by atoms with E-state index in [1.807, 2.05) is 30.3 Å². The molecule has 1 aliphatic heterocycles. The maximum absolute atomic E-state index is 12.2. The maximum Gasteiger partial charge on any atom is 0.139 e. The predicted molar refractivity (Wildman–Crippen MR) is 88.7 cm³/mol. The maximum atomic E-state index is 12.2. The molecule has 0 saturated carbocycles. The number of hydrogen-bond acceptors (Lipinski definition) is 5. The summed E-state index contributed by atoms with van der Waals surface area (Å²) >= 11 is 0. The number of ketones is 1. The summed E-state index contributed by atoms with van der Waals surface area (Å²) in [7, 11) is 1.64. The first kappa shape index (κ1) is 15.2. The van der Waals surface area contributed by atoms with Crippen LogP contribution >= 0.6 is 0 Å². The number of pyridine rings is 1. The van der Waals surface area contributed by atoms with Gasteiger partial charge in [-0.1, -0.05) is 18.2 Å². The van der Waals surface area contributed by atoms with Gasteiger partial charge in [0.05, 0.1) is 13.7 Å². The molecule has 0 radical (unpaired) electrons. The minimum absolute atomic E-state index is 0.162. The Bertz CT molecular complexity index is 769. The number of carbonyl (C=O) groups is 1. The number of aromatic nitrogens is 1. The zero-order valence-corrected chi connectivity index (χ0v) is 13.1. The fourth-order valence-electron chi connectivity index (χ4n) is 2.73. The topological polar surface area (TPSA) is 77.6 Å². The number of aliphatic imine (C=N–C) groups is 1. The quantitative estimate of drug-likeness (QED) is 0.886. The van der Waals surface area contributed by atoms with Gasteiger partial charge < -0.3 is 10.5 Å². The fourth-order valence-corrected chi connectivity index (χ4v) is 2.73. The largest absolute Gasteiger partial charge is 0.496 e. The summed E-state index contributed by atoms with van der Waals surface area (Å²) in [6.45, 7) is 0.575. The molecule has 5 nitrogen and oxygen atoms in total. The van der Waals surface area contributed by atoms with Crippen molar-refractivity contribution in [3.8, 4) is 5.75 Å². The lowest BCUT2D eigenvalue weighted by Gasteiger charge is -2.08. The van der Waals surface area contributed by atoms with Crippen molar-refractivity contribution in [2.75, 3.05) is 7.11 Å². The van der Waals surface area contributed by atoms with Gasteiger partial charge in [-0.25, -0.2) is 0 Å². The molecule has 0 amide bonds. The first-order valence-corrected chi connectivity index (χ1v) is 7.59. The molecule has 0 spiro atoms. The molecule has 0 atom stereocenters. The second-order valence-electron chi connectivity index (χ2n) is 5.56.